The molecule has 0 unspecified atom stereocenters. The Bertz CT molecular complexity index is 1240. The average molecular weight is 454 g/mol. The van der Waals surface area contributed by atoms with Crippen molar-refractivity contribution >= 4 is 16.9 Å². The predicted molar refractivity (Wildman–Crippen MR) is 117 cm³/mol. The second-order valence-corrected chi connectivity index (χ2v) is 7.56. The van der Waals surface area contributed by atoms with Crippen LogP contribution in [0.15, 0.2) is 73.2 Å². The summed E-state index contributed by atoms with van der Waals surface area (Å²) >= 11 is 0. The number of fused-ring (bicyclic) bond motifs is 1. The van der Waals surface area contributed by atoms with Crippen LogP contribution in [0.1, 0.15) is 24.2 Å². The number of ether oxygens (including phenoxy) is 1. The molecule has 6 nitrogen and oxygen atoms in total. The zero-order valence-corrected chi connectivity index (χ0v) is 17.7. The van der Waals surface area contributed by atoms with Gasteiger partial charge in [-0.2, -0.15) is 13.2 Å². The van der Waals surface area contributed by atoms with Crippen molar-refractivity contribution in [1.82, 2.24) is 19.9 Å². The van der Waals surface area contributed by atoms with Gasteiger partial charge in [0.25, 0.3) is 0 Å². The standard InChI is InChI=1S/C24H21F3N4O2/c1-16(21-9-8-20(14-29-21)33-15-24(25,26)27)30-22(32)13-17-4-6-19(7-5-17)31-12-10-18-3-2-11-28-23(18)31/h2-12,14,16H,13,15H2,1H3,(H,30,32)/t16-/m1/s1. The van der Waals surface area contributed by atoms with Crippen molar-refractivity contribution < 1.29 is 22.7 Å². The second kappa shape index (κ2) is 9.32. The maximum Gasteiger partial charge on any atom is 0.422 e. The summed E-state index contributed by atoms with van der Waals surface area (Å²) in [4.78, 5) is 21.0. The highest BCUT2D eigenvalue weighted by Gasteiger charge is 2.28. The summed E-state index contributed by atoms with van der Waals surface area (Å²) < 4.78 is 43.3. The Morgan fingerprint density at radius 1 is 1.09 bits per heavy atom. The van der Waals surface area contributed by atoms with Crippen LogP contribution < -0.4 is 10.1 Å². The number of hydrogen-bond donors (Lipinski definition) is 1. The van der Waals surface area contributed by atoms with Crippen LogP contribution >= 0.6 is 0 Å². The number of pyridine rings is 2. The summed E-state index contributed by atoms with van der Waals surface area (Å²) in [6, 6.07) is 16.0. The topological polar surface area (TPSA) is 69.0 Å². The molecule has 0 bridgehead atoms. The second-order valence-electron chi connectivity index (χ2n) is 7.56. The molecule has 1 N–H and O–H groups in total. The van der Waals surface area contributed by atoms with Gasteiger partial charge in [-0.15, -0.1) is 0 Å². The Labute approximate surface area is 188 Å². The van der Waals surface area contributed by atoms with E-state index in [-0.39, 0.29) is 18.1 Å². The fraction of sp³-hybridized carbons (Fsp3) is 0.208. The molecule has 0 aliphatic heterocycles. The number of aromatic nitrogens is 3. The first-order chi connectivity index (χ1) is 15.8. The fourth-order valence-corrected chi connectivity index (χ4v) is 3.40. The van der Waals surface area contributed by atoms with E-state index in [2.05, 4.69) is 20.0 Å². The van der Waals surface area contributed by atoms with Gasteiger partial charge in [-0.1, -0.05) is 12.1 Å². The lowest BCUT2D eigenvalue weighted by atomic mass is 10.1. The number of nitrogens with one attached hydrogen (secondary N) is 1. The Hall–Kier alpha value is -3.88. The molecule has 0 saturated heterocycles. The van der Waals surface area contributed by atoms with E-state index in [1.54, 1.807) is 13.1 Å². The lowest BCUT2D eigenvalue weighted by Gasteiger charge is -2.15. The molecule has 3 heterocycles. The lowest BCUT2D eigenvalue weighted by Crippen LogP contribution is -2.28. The minimum absolute atomic E-state index is 0.0142. The third-order valence-corrected chi connectivity index (χ3v) is 5.01. The van der Waals surface area contributed by atoms with Crippen molar-refractivity contribution in [3.05, 3.63) is 84.4 Å². The van der Waals surface area contributed by atoms with Crippen LogP contribution in [-0.2, 0) is 11.2 Å². The van der Waals surface area contributed by atoms with Crippen molar-refractivity contribution in [2.45, 2.75) is 25.6 Å². The largest absolute Gasteiger partial charge is 0.483 e. The highest BCUT2D eigenvalue weighted by molar-refractivity contribution is 5.79. The summed E-state index contributed by atoms with van der Waals surface area (Å²) in [5.74, 6) is -0.178. The van der Waals surface area contributed by atoms with Crippen LogP contribution in [0.4, 0.5) is 13.2 Å². The SMILES string of the molecule is C[C@@H](NC(=O)Cc1ccc(-n2ccc3cccnc32)cc1)c1ccc(OCC(F)(F)F)cn1. The van der Waals surface area contributed by atoms with Crippen LogP contribution in [0.3, 0.4) is 0 Å². The van der Waals surface area contributed by atoms with Gasteiger partial charge < -0.3 is 14.6 Å². The molecule has 0 aliphatic rings. The van der Waals surface area contributed by atoms with Gasteiger partial charge in [-0.05, 0) is 55.0 Å². The Morgan fingerprint density at radius 2 is 1.88 bits per heavy atom. The van der Waals surface area contributed by atoms with Crippen molar-refractivity contribution in [2.75, 3.05) is 6.61 Å². The van der Waals surface area contributed by atoms with Gasteiger partial charge in [-0.25, -0.2) is 4.98 Å². The third kappa shape index (κ3) is 5.68. The van der Waals surface area contributed by atoms with Gasteiger partial charge in [-0.3, -0.25) is 9.78 Å². The number of halogens is 3. The zero-order valence-electron chi connectivity index (χ0n) is 17.7. The van der Waals surface area contributed by atoms with Crippen molar-refractivity contribution in [3.8, 4) is 11.4 Å². The molecule has 1 aromatic carbocycles. The van der Waals surface area contributed by atoms with E-state index in [0.29, 0.717) is 5.69 Å². The number of carbonyl (C=O) groups excluding carboxylic acids is 1. The molecule has 0 saturated carbocycles. The van der Waals surface area contributed by atoms with Crippen LogP contribution in [0.25, 0.3) is 16.7 Å². The average Bonchev–Trinajstić information content (AvgIpc) is 3.22. The first kappa shape index (κ1) is 22.3. The minimum Gasteiger partial charge on any atom is -0.483 e. The first-order valence-corrected chi connectivity index (χ1v) is 10.2. The number of benzene rings is 1. The van der Waals surface area contributed by atoms with Gasteiger partial charge in [0.05, 0.1) is 24.4 Å². The normalized spacial score (nSPS) is 12.5. The summed E-state index contributed by atoms with van der Waals surface area (Å²) in [7, 11) is 0. The Balaban J connectivity index is 1.34. The number of rotatable bonds is 7. The van der Waals surface area contributed by atoms with E-state index in [4.69, 9.17) is 0 Å². The first-order valence-electron chi connectivity index (χ1n) is 10.2. The number of amides is 1. The number of nitrogens with zero attached hydrogens (tertiary/aromatic N) is 3. The Kier molecular flexibility index (Phi) is 6.30. The maximum atomic E-state index is 12.5. The third-order valence-electron chi connectivity index (χ3n) is 5.01. The van der Waals surface area contributed by atoms with Crippen LogP contribution in [0.5, 0.6) is 5.75 Å². The summed E-state index contributed by atoms with van der Waals surface area (Å²) in [5.41, 5.74) is 3.17. The van der Waals surface area contributed by atoms with E-state index < -0.39 is 18.8 Å². The highest BCUT2D eigenvalue weighted by atomic mass is 19.4. The number of hydrogen-bond acceptors (Lipinski definition) is 4. The lowest BCUT2D eigenvalue weighted by molar-refractivity contribution is -0.153. The molecule has 33 heavy (non-hydrogen) atoms. The summed E-state index contributed by atoms with van der Waals surface area (Å²) in [6.45, 7) is 0.375. The highest BCUT2D eigenvalue weighted by Crippen LogP contribution is 2.20. The van der Waals surface area contributed by atoms with Crippen LogP contribution in [0, 0.1) is 0 Å². The molecule has 0 spiro atoms. The molecular formula is C24H21F3N4O2. The smallest absolute Gasteiger partial charge is 0.422 e. The summed E-state index contributed by atoms with van der Waals surface area (Å²) in [6.07, 6.45) is 0.680. The van der Waals surface area contributed by atoms with E-state index in [0.717, 1.165) is 22.3 Å². The molecule has 0 aliphatic carbocycles. The van der Waals surface area contributed by atoms with Gasteiger partial charge >= 0.3 is 6.18 Å². The maximum absolute atomic E-state index is 12.5. The van der Waals surface area contributed by atoms with Crippen molar-refractivity contribution in [1.29, 1.82) is 0 Å². The number of carbonyl (C=O) groups is 1. The van der Waals surface area contributed by atoms with Gasteiger partial charge in [0.1, 0.15) is 11.4 Å². The van der Waals surface area contributed by atoms with E-state index in [1.807, 2.05) is 53.2 Å². The quantitative estimate of drug-likeness (QED) is 0.436. The van der Waals surface area contributed by atoms with Crippen LogP contribution in [-0.4, -0.2) is 33.2 Å². The predicted octanol–water partition coefficient (Wildman–Crippen LogP) is 4.78. The van der Waals surface area contributed by atoms with E-state index >= 15 is 0 Å². The van der Waals surface area contributed by atoms with E-state index in [9.17, 15) is 18.0 Å². The monoisotopic (exact) mass is 454 g/mol. The van der Waals surface area contributed by atoms with Gasteiger partial charge in [0, 0.05) is 23.5 Å². The van der Waals surface area contributed by atoms with Crippen LogP contribution in [0.2, 0.25) is 0 Å². The van der Waals surface area contributed by atoms with Crippen molar-refractivity contribution in [2.24, 2.45) is 0 Å². The fourth-order valence-electron chi connectivity index (χ4n) is 3.40. The minimum atomic E-state index is -4.41. The Morgan fingerprint density at radius 3 is 2.58 bits per heavy atom. The molecule has 3 aromatic heterocycles. The van der Waals surface area contributed by atoms with Crippen molar-refractivity contribution in [3.63, 3.8) is 0 Å². The number of alkyl halides is 3. The summed E-state index contributed by atoms with van der Waals surface area (Å²) in [5, 5.41) is 3.89. The van der Waals surface area contributed by atoms with E-state index in [1.165, 1.54) is 18.3 Å². The molecule has 170 valence electrons. The van der Waals surface area contributed by atoms with Gasteiger partial charge in [0.2, 0.25) is 5.91 Å². The molecule has 1 amide bonds. The van der Waals surface area contributed by atoms with Gasteiger partial charge in [0.15, 0.2) is 6.61 Å². The molecule has 0 radical (unpaired) electrons. The zero-order chi connectivity index (χ0) is 23.4. The molecule has 4 rings (SSSR count). The molecule has 1 atom stereocenters. The molecule has 4 aromatic rings. The molecule has 0 fully saturated rings. The molecular weight excluding hydrogens is 433 g/mol. The molecule has 9 heteroatoms.